The van der Waals surface area contributed by atoms with E-state index < -0.39 is 5.91 Å². The van der Waals surface area contributed by atoms with Gasteiger partial charge in [0.15, 0.2) is 5.84 Å². The first-order chi connectivity index (χ1) is 17.5. The number of aliphatic imine (C=N–C) groups is 1. The summed E-state index contributed by atoms with van der Waals surface area (Å²) in [5, 5.41) is 17.6. The molecule has 0 atom stereocenters. The first kappa shape index (κ1) is 22.7. The Labute approximate surface area is 220 Å². The first-order valence-electron chi connectivity index (χ1n) is 10.9. The molecule has 10 heteroatoms. The van der Waals surface area contributed by atoms with E-state index in [2.05, 4.69) is 19.6 Å². The molecule has 0 saturated heterocycles. The topological polar surface area (TPSA) is 86.7 Å². The number of para-hydroxylation sites is 1. The number of carbonyl (C=O) groups excluding carboxylic acids is 1. The maximum atomic E-state index is 13.0. The quantitative estimate of drug-likeness (QED) is 0.325. The average molecular weight is 531 g/mol. The minimum absolute atomic E-state index is 0.0160. The van der Waals surface area contributed by atoms with Crippen molar-refractivity contribution in [1.29, 1.82) is 5.41 Å². The summed E-state index contributed by atoms with van der Waals surface area (Å²) in [5.74, 6) is -0.486. The second-order valence-corrected chi connectivity index (χ2v) is 9.92. The summed E-state index contributed by atoms with van der Waals surface area (Å²) in [5.41, 5.74) is 3.76. The summed E-state index contributed by atoms with van der Waals surface area (Å²) in [4.78, 5) is 21.3. The van der Waals surface area contributed by atoms with Crippen LogP contribution in [0.3, 0.4) is 0 Å². The molecule has 4 heterocycles. The van der Waals surface area contributed by atoms with E-state index in [0.717, 1.165) is 27.6 Å². The molecule has 0 radical (unpaired) electrons. The molecule has 176 valence electrons. The third-order valence-electron chi connectivity index (χ3n) is 5.82. The number of hydrazone groups is 1. The third kappa shape index (κ3) is 4.03. The molecule has 0 bridgehead atoms. The lowest BCUT2D eigenvalue weighted by Crippen LogP contribution is -2.35. The van der Waals surface area contributed by atoms with Crippen LogP contribution >= 0.6 is 35.0 Å². The van der Waals surface area contributed by atoms with Crippen molar-refractivity contribution >= 4 is 73.9 Å². The van der Waals surface area contributed by atoms with E-state index in [0.29, 0.717) is 26.8 Å². The number of hydrogen-bond acceptors (Lipinski definition) is 5. The van der Waals surface area contributed by atoms with Gasteiger partial charge in [-0.25, -0.2) is 0 Å². The molecule has 2 aromatic carbocycles. The molecule has 0 aliphatic carbocycles. The van der Waals surface area contributed by atoms with Gasteiger partial charge < -0.3 is 4.57 Å². The number of thioether (sulfide) groups is 1. The van der Waals surface area contributed by atoms with E-state index in [1.54, 1.807) is 24.5 Å². The van der Waals surface area contributed by atoms with Crippen LogP contribution in [0.15, 0.2) is 88.9 Å². The van der Waals surface area contributed by atoms with E-state index in [-0.39, 0.29) is 11.4 Å². The number of fused-ring (bicyclic) bond motifs is 2. The van der Waals surface area contributed by atoms with Gasteiger partial charge in [0.25, 0.3) is 5.91 Å². The summed E-state index contributed by atoms with van der Waals surface area (Å²) < 4.78 is 2.08. The van der Waals surface area contributed by atoms with E-state index in [1.807, 2.05) is 54.7 Å². The van der Waals surface area contributed by atoms with Gasteiger partial charge in [0.1, 0.15) is 5.04 Å². The van der Waals surface area contributed by atoms with E-state index in [4.69, 9.17) is 28.6 Å². The zero-order valence-corrected chi connectivity index (χ0v) is 20.8. The Morgan fingerprint density at radius 3 is 2.72 bits per heavy atom. The number of carbonyl (C=O) groups is 1. The molecular formula is C26H16Cl2N6OS. The lowest BCUT2D eigenvalue weighted by Gasteiger charge is -2.20. The van der Waals surface area contributed by atoms with Gasteiger partial charge in [-0.15, -0.1) is 0 Å². The van der Waals surface area contributed by atoms with Gasteiger partial charge in [0.2, 0.25) is 5.17 Å². The minimum Gasteiger partial charge on any atom is -0.342 e. The molecule has 0 unspecified atom stereocenters. The fourth-order valence-electron chi connectivity index (χ4n) is 4.11. The van der Waals surface area contributed by atoms with Gasteiger partial charge in [-0.05, 0) is 53.7 Å². The van der Waals surface area contributed by atoms with Gasteiger partial charge >= 0.3 is 0 Å². The second kappa shape index (κ2) is 9.05. The summed E-state index contributed by atoms with van der Waals surface area (Å²) in [6, 6.07) is 17.2. The minimum atomic E-state index is -0.470. The summed E-state index contributed by atoms with van der Waals surface area (Å²) in [7, 11) is 0. The van der Waals surface area contributed by atoms with Gasteiger partial charge in [-0.1, -0.05) is 47.5 Å². The standard InChI is InChI=1S/C26H16Cl2N6OS/c27-20-8-7-15(10-21(20)28)13-33-14-17(18-5-1-2-6-22(18)33)11-19-23(29)34-26(31-24(19)35)36-25(32-34)16-4-3-9-30-12-16/h1-12,14,29H,13H2/b19-11-,29-23?. The SMILES string of the molecule is N=C1/C(=C/c2cn(Cc3ccc(Cl)c(Cl)c3)c3ccccc23)C(=O)N=C2SC(c3cccnc3)=NN12. The lowest BCUT2D eigenvalue weighted by molar-refractivity contribution is -0.114. The maximum absolute atomic E-state index is 13.0. The first-order valence-corrected chi connectivity index (χ1v) is 12.5. The second-order valence-electron chi connectivity index (χ2n) is 8.14. The Balaban J connectivity index is 1.37. The Hall–Kier alpha value is -3.72. The summed E-state index contributed by atoms with van der Waals surface area (Å²) in [6.07, 6.45) is 7.04. The molecule has 4 aromatic rings. The Morgan fingerprint density at radius 2 is 1.92 bits per heavy atom. The number of amides is 1. The van der Waals surface area contributed by atoms with Crippen molar-refractivity contribution in [3.8, 4) is 0 Å². The lowest BCUT2D eigenvalue weighted by atomic mass is 10.1. The van der Waals surface area contributed by atoms with E-state index in [9.17, 15) is 4.79 Å². The Morgan fingerprint density at radius 1 is 1.06 bits per heavy atom. The third-order valence-corrected chi connectivity index (χ3v) is 7.52. The Kier molecular flexibility index (Phi) is 5.72. The number of aromatic nitrogens is 2. The summed E-state index contributed by atoms with van der Waals surface area (Å²) >= 11 is 13.5. The Bertz CT molecular complexity index is 1660. The number of hydrogen-bond donors (Lipinski definition) is 1. The zero-order valence-electron chi connectivity index (χ0n) is 18.5. The van der Waals surface area contributed by atoms with Crippen molar-refractivity contribution in [3.63, 3.8) is 0 Å². The maximum Gasteiger partial charge on any atom is 0.283 e. The molecular weight excluding hydrogens is 515 g/mol. The molecule has 0 fully saturated rings. The van der Waals surface area contributed by atoms with Crippen LogP contribution in [0, 0.1) is 5.41 Å². The normalized spacial score (nSPS) is 16.5. The number of pyridine rings is 1. The van der Waals surface area contributed by atoms with Gasteiger partial charge in [0, 0.05) is 47.2 Å². The molecule has 0 spiro atoms. The van der Waals surface area contributed by atoms with Gasteiger partial charge in [-0.3, -0.25) is 15.2 Å². The van der Waals surface area contributed by atoms with Crippen LogP contribution in [0.1, 0.15) is 16.7 Å². The average Bonchev–Trinajstić information content (AvgIpc) is 3.47. The van der Waals surface area contributed by atoms with Crippen LogP contribution in [-0.2, 0) is 11.3 Å². The predicted molar refractivity (Wildman–Crippen MR) is 146 cm³/mol. The number of amidine groups is 2. The molecule has 2 aromatic heterocycles. The van der Waals surface area contributed by atoms with Crippen molar-refractivity contribution in [2.24, 2.45) is 10.1 Å². The molecule has 2 aliphatic rings. The number of nitrogens with zero attached hydrogens (tertiary/aromatic N) is 5. The highest BCUT2D eigenvalue weighted by Crippen LogP contribution is 2.32. The van der Waals surface area contributed by atoms with Crippen molar-refractivity contribution in [2.45, 2.75) is 6.54 Å². The number of halogens is 2. The van der Waals surface area contributed by atoms with E-state index >= 15 is 0 Å². The molecule has 1 amide bonds. The van der Waals surface area contributed by atoms with Crippen LogP contribution in [0.25, 0.3) is 17.0 Å². The molecule has 0 saturated carbocycles. The van der Waals surface area contributed by atoms with Crippen molar-refractivity contribution < 1.29 is 4.79 Å². The van der Waals surface area contributed by atoms with Gasteiger partial charge in [0.05, 0.1) is 15.6 Å². The van der Waals surface area contributed by atoms with Crippen LogP contribution in [0.2, 0.25) is 10.0 Å². The van der Waals surface area contributed by atoms with Crippen LogP contribution in [0.5, 0.6) is 0 Å². The van der Waals surface area contributed by atoms with Crippen molar-refractivity contribution in [1.82, 2.24) is 14.6 Å². The molecule has 7 nitrogen and oxygen atoms in total. The van der Waals surface area contributed by atoms with E-state index in [1.165, 1.54) is 16.8 Å². The highest BCUT2D eigenvalue weighted by atomic mass is 35.5. The smallest absolute Gasteiger partial charge is 0.283 e. The van der Waals surface area contributed by atoms with Crippen LogP contribution < -0.4 is 0 Å². The van der Waals surface area contributed by atoms with Crippen molar-refractivity contribution in [2.75, 3.05) is 0 Å². The highest BCUT2D eigenvalue weighted by Gasteiger charge is 2.36. The van der Waals surface area contributed by atoms with Crippen LogP contribution in [0.4, 0.5) is 0 Å². The number of benzene rings is 2. The molecule has 2 aliphatic heterocycles. The molecule has 6 rings (SSSR count). The zero-order chi connectivity index (χ0) is 24.8. The summed E-state index contributed by atoms with van der Waals surface area (Å²) in [6.45, 7) is 0.565. The fraction of sp³-hybridized carbons (Fsp3) is 0.0385. The number of nitrogens with one attached hydrogen (secondary N) is 1. The highest BCUT2D eigenvalue weighted by molar-refractivity contribution is 8.27. The largest absolute Gasteiger partial charge is 0.342 e. The van der Waals surface area contributed by atoms with Gasteiger partial charge in [-0.2, -0.15) is 15.1 Å². The fourth-order valence-corrected chi connectivity index (χ4v) is 5.31. The van der Waals surface area contributed by atoms with Crippen LogP contribution in [-0.4, -0.2) is 36.5 Å². The number of rotatable bonds is 4. The predicted octanol–water partition coefficient (Wildman–Crippen LogP) is 6.06. The monoisotopic (exact) mass is 530 g/mol. The molecule has 36 heavy (non-hydrogen) atoms. The van der Waals surface area contributed by atoms with Crippen molar-refractivity contribution in [3.05, 3.63) is 105 Å². The molecule has 1 N–H and O–H groups in total.